The minimum Gasteiger partial charge on any atom is -0.461 e. The lowest BCUT2D eigenvalue weighted by Crippen LogP contribution is -2.07. The predicted molar refractivity (Wildman–Crippen MR) is 105 cm³/mol. The van der Waals surface area contributed by atoms with Gasteiger partial charge in [0.25, 0.3) is 0 Å². The van der Waals surface area contributed by atoms with Crippen molar-refractivity contribution in [3.63, 3.8) is 0 Å². The molecule has 0 aliphatic carbocycles. The van der Waals surface area contributed by atoms with Crippen LogP contribution in [-0.2, 0) is 24.6 Å². The van der Waals surface area contributed by atoms with E-state index in [1.807, 2.05) is 0 Å². The van der Waals surface area contributed by atoms with E-state index in [0.29, 0.717) is 39.1 Å². The summed E-state index contributed by atoms with van der Waals surface area (Å²) in [4.78, 5) is 19.1. The molecule has 28 heavy (non-hydrogen) atoms. The summed E-state index contributed by atoms with van der Waals surface area (Å²) in [7, 11) is 0. The summed E-state index contributed by atoms with van der Waals surface area (Å²) in [6.45, 7) is 4.13. The molecular weight excluding hydrogens is 364 g/mol. The second-order valence-corrected chi connectivity index (χ2v) is 5.78. The van der Waals surface area contributed by atoms with Crippen LogP contribution in [0.3, 0.4) is 0 Å². The zero-order valence-corrected chi connectivity index (χ0v) is 15.6. The second-order valence-electron chi connectivity index (χ2n) is 5.78. The molecule has 0 amide bonds. The van der Waals surface area contributed by atoms with Crippen molar-refractivity contribution in [1.29, 1.82) is 0 Å². The van der Waals surface area contributed by atoms with E-state index in [2.05, 4.69) is 16.6 Å². The van der Waals surface area contributed by atoms with Crippen molar-refractivity contribution in [1.82, 2.24) is 4.98 Å². The molecule has 2 rings (SSSR count). The minimum atomic E-state index is -0.581. The lowest BCUT2D eigenvalue weighted by molar-refractivity contribution is 0.0520. The van der Waals surface area contributed by atoms with Crippen LogP contribution in [0.25, 0.3) is 17.2 Å². The first kappa shape index (κ1) is 21.5. The highest BCUT2D eigenvalue weighted by Gasteiger charge is 2.24. The normalized spacial score (nSPS) is 11.2. The Morgan fingerprint density at radius 3 is 2.43 bits per heavy atom. The van der Waals surface area contributed by atoms with Crippen LogP contribution >= 0.6 is 0 Å². The molecule has 0 atom stereocenters. The van der Waals surface area contributed by atoms with Gasteiger partial charge in [-0.25, -0.2) is 4.79 Å². The van der Waals surface area contributed by atoms with Crippen LogP contribution < -0.4 is 0 Å². The number of aromatic amines is 1. The summed E-state index contributed by atoms with van der Waals surface area (Å²) in [6.07, 6.45) is 2.85. The SMILES string of the molecule is C=Cc1c(C(=O)OCC)[nH]c(/C=N/CO)c1-c1ccc(CO)c(CO)c1CO. The van der Waals surface area contributed by atoms with Crippen molar-refractivity contribution in [3.05, 3.63) is 52.4 Å². The van der Waals surface area contributed by atoms with Gasteiger partial charge in [0, 0.05) is 17.3 Å². The Hall–Kier alpha value is -2.78. The monoisotopic (exact) mass is 388 g/mol. The fourth-order valence-electron chi connectivity index (χ4n) is 3.12. The Morgan fingerprint density at radius 1 is 1.18 bits per heavy atom. The number of nitrogens with one attached hydrogen (secondary N) is 1. The number of aliphatic hydroxyl groups excluding tert-OH is 4. The number of aliphatic hydroxyl groups is 4. The van der Waals surface area contributed by atoms with Gasteiger partial charge in [-0.3, -0.25) is 4.99 Å². The van der Waals surface area contributed by atoms with Crippen molar-refractivity contribution >= 4 is 18.3 Å². The van der Waals surface area contributed by atoms with E-state index in [1.54, 1.807) is 19.1 Å². The lowest BCUT2D eigenvalue weighted by Gasteiger charge is -2.16. The Balaban J connectivity index is 2.85. The van der Waals surface area contributed by atoms with E-state index in [0.717, 1.165) is 0 Å². The number of hydrogen-bond donors (Lipinski definition) is 5. The standard InChI is InChI=1S/C20H24N2O6/c1-3-13-18(14-6-5-12(8-23)15(9-24)16(14)10-25)17(7-21-11-26)22-19(13)20(27)28-4-2/h3,5-7,22-26H,1,4,8-11H2,2H3/b21-7+. The zero-order valence-electron chi connectivity index (χ0n) is 15.6. The van der Waals surface area contributed by atoms with E-state index in [1.165, 1.54) is 12.3 Å². The predicted octanol–water partition coefficient (Wildman–Crippen LogP) is 1.35. The Labute approximate surface area is 162 Å². The third kappa shape index (κ3) is 4.05. The van der Waals surface area contributed by atoms with E-state index in [4.69, 9.17) is 9.84 Å². The molecule has 0 radical (unpaired) electrons. The van der Waals surface area contributed by atoms with Crippen LogP contribution in [0.5, 0.6) is 0 Å². The lowest BCUT2D eigenvalue weighted by atomic mass is 9.90. The van der Waals surface area contributed by atoms with Crippen LogP contribution in [0.4, 0.5) is 0 Å². The number of benzene rings is 1. The number of carbonyl (C=O) groups is 1. The average Bonchev–Trinajstić information content (AvgIpc) is 3.09. The van der Waals surface area contributed by atoms with Gasteiger partial charge in [0.15, 0.2) is 0 Å². The number of aromatic nitrogens is 1. The Bertz CT molecular complexity index is 885. The van der Waals surface area contributed by atoms with Gasteiger partial charge >= 0.3 is 5.97 Å². The van der Waals surface area contributed by atoms with Gasteiger partial charge in [-0.15, -0.1) is 0 Å². The zero-order chi connectivity index (χ0) is 20.7. The fraction of sp³-hybridized carbons (Fsp3) is 0.300. The maximum atomic E-state index is 12.4. The van der Waals surface area contributed by atoms with Gasteiger partial charge in [0.1, 0.15) is 12.4 Å². The van der Waals surface area contributed by atoms with Crippen LogP contribution in [0.2, 0.25) is 0 Å². The first-order valence-corrected chi connectivity index (χ1v) is 8.70. The summed E-state index contributed by atoms with van der Waals surface area (Å²) in [6, 6.07) is 3.31. The molecule has 5 N–H and O–H groups in total. The molecule has 0 unspecified atom stereocenters. The molecule has 8 nitrogen and oxygen atoms in total. The van der Waals surface area contributed by atoms with Crippen molar-refractivity contribution in [2.24, 2.45) is 4.99 Å². The molecule has 1 heterocycles. The Kier molecular flexibility index (Phi) is 7.65. The van der Waals surface area contributed by atoms with E-state index >= 15 is 0 Å². The number of H-pyrrole nitrogens is 1. The van der Waals surface area contributed by atoms with Crippen molar-refractivity contribution in [2.75, 3.05) is 13.3 Å². The van der Waals surface area contributed by atoms with Crippen molar-refractivity contribution in [3.8, 4) is 11.1 Å². The highest BCUT2D eigenvalue weighted by atomic mass is 16.5. The number of rotatable bonds is 9. The van der Waals surface area contributed by atoms with Crippen LogP contribution in [0.15, 0.2) is 23.7 Å². The molecule has 0 aliphatic heterocycles. The van der Waals surface area contributed by atoms with Gasteiger partial charge in [-0.05, 0) is 29.2 Å². The fourth-order valence-corrected chi connectivity index (χ4v) is 3.12. The first-order chi connectivity index (χ1) is 13.6. The van der Waals surface area contributed by atoms with Gasteiger partial charge < -0.3 is 30.1 Å². The number of carbonyl (C=O) groups excluding carboxylic acids is 1. The molecular formula is C20H24N2O6. The van der Waals surface area contributed by atoms with Gasteiger partial charge in [-0.2, -0.15) is 0 Å². The largest absolute Gasteiger partial charge is 0.461 e. The first-order valence-electron chi connectivity index (χ1n) is 8.70. The van der Waals surface area contributed by atoms with Crippen LogP contribution in [0.1, 0.15) is 45.4 Å². The number of ether oxygens (including phenoxy) is 1. The molecule has 0 saturated carbocycles. The highest BCUT2D eigenvalue weighted by Crippen LogP contribution is 2.36. The topological polar surface area (TPSA) is 135 Å². The molecule has 0 aliphatic rings. The summed E-state index contributed by atoms with van der Waals surface area (Å²) < 4.78 is 5.08. The summed E-state index contributed by atoms with van der Waals surface area (Å²) in [5.41, 5.74) is 3.35. The smallest absolute Gasteiger partial charge is 0.355 e. The van der Waals surface area contributed by atoms with E-state index in [9.17, 15) is 20.1 Å². The quantitative estimate of drug-likeness (QED) is 0.325. The Morgan fingerprint density at radius 2 is 1.89 bits per heavy atom. The summed E-state index contributed by atoms with van der Waals surface area (Å²) in [5, 5.41) is 38.3. The average molecular weight is 388 g/mol. The number of aliphatic imine (C=N–C) groups is 1. The maximum absolute atomic E-state index is 12.4. The molecule has 0 spiro atoms. The molecule has 0 fully saturated rings. The molecule has 150 valence electrons. The van der Waals surface area contributed by atoms with Crippen molar-refractivity contribution in [2.45, 2.75) is 26.7 Å². The molecule has 8 heteroatoms. The second kappa shape index (κ2) is 9.95. The minimum absolute atomic E-state index is 0.159. The molecule has 1 aromatic heterocycles. The third-order valence-corrected chi connectivity index (χ3v) is 4.34. The number of esters is 1. The van der Waals surface area contributed by atoms with Crippen molar-refractivity contribution < 1.29 is 30.0 Å². The third-order valence-electron chi connectivity index (χ3n) is 4.34. The van der Waals surface area contributed by atoms with E-state index < -0.39 is 19.3 Å². The van der Waals surface area contributed by atoms with E-state index in [-0.39, 0.29) is 25.5 Å². The molecule has 0 saturated heterocycles. The van der Waals surface area contributed by atoms with Crippen LogP contribution in [0, 0.1) is 0 Å². The molecule has 1 aromatic carbocycles. The van der Waals surface area contributed by atoms with Crippen LogP contribution in [-0.4, -0.2) is 50.9 Å². The summed E-state index contributed by atoms with van der Waals surface area (Å²) in [5.74, 6) is -0.581. The molecule has 0 bridgehead atoms. The molecule has 2 aromatic rings. The van der Waals surface area contributed by atoms with Gasteiger partial charge in [0.05, 0.1) is 32.1 Å². The highest BCUT2D eigenvalue weighted by molar-refractivity contribution is 6.02. The summed E-state index contributed by atoms with van der Waals surface area (Å²) >= 11 is 0. The number of hydrogen-bond acceptors (Lipinski definition) is 7. The van der Waals surface area contributed by atoms with Gasteiger partial charge in [0.2, 0.25) is 0 Å². The maximum Gasteiger partial charge on any atom is 0.355 e. The van der Waals surface area contributed by atoms with Gasteiger partial charge in [-0.1, -0.05) is 24.8 Å². The number of nitrogens with zero attached hydrogens (tertiary/aromatic N) is 1.